The zero-order valence-corrected chi connectivity index (χ0v) is 13.0. The van der Waals surface area contributed by atoms with E-state index in [0.29, 0.717) is 5.75 Å². The van der Waals surface area contributed by atoms with Gasteiger partial charge in [-0.05, 0) is 30.2 Å². The van der Waals surface area contributed by atoms with E-state index in [2.05, 4.69) is 10.6 Å². The summed E-state index contributed by atoms with van der Waals surface area (Å²) < 4.78 is 5.31. The van der Waals surface area contributed by atoms with Crippen molar-refractivity contribution in [2.45, 2.75) is 13.3 Å². The monoisotopic (exact) mass is 312 g/mol. The highest BCUT2D eigenvalue weighted by Crippen LogP contribution is 2.14. The molecule has 2 aromatic carbocycles. The summed E-state index contributed by atoms with van der Waals surface area (Å²) in [6, 6.07) is 16.6. The maximum Gasteiger partial charge on any atom is 0.258 e. The zero-order chi connectivity index (χ0) is 16.5. The van der Waals surface area contributed by atoms with Gasteiger partial charge in [0.15, 0.2) is 6.61 Å². The van der Waals surface area contributed by atoms with Crippen molar-refractivity contribution in [2.24, 2.45) is 0 Å². The Morgan fingerprint density at radius 3 is 2.39 bits per heavy atom. The number of amides is 2. The molecule has 0 bridgehead atoms. The van der Waals surface area contributed by atoms with Crippen molar-refractivity contribution >= 4 is 17.5 Å². The third-order valence-corrected chi connectivity index (χ3v) is 3.23. The van der Waals surface area contributed by atoms with Gasteiger partial charge in [-0.15, -0.1) is 0 Å². The second kappa shape index (κ2) is 8.58. The molecule has 2 amide bonds. The Morgan fingerprint density at radius 1 is 0.957 bits per heavy atom. The van der Waals surface area contributed by atoms with Gasteiger partial charge in [-0.25, -0.2) is 0 Å². The van der Waals surface area contributed by atoms with Gasteiger partial charge in [-0.2, -0.15) is 0 Å². The molecule has 2 rings (SSSR count). The first-order chi connectivity index (χ1) is 11.2. The molecule has 23 heavy (non-hydrogen) atoms. The minimum Gasteiger partial charge on any atom is -0.484 e. The Bertz CT molecular complexity index is 656. The summed E-state index contributed by atoms with van der Waals surface area (Å²) in [6.07, 6.45) is 0.827. The molecule has 0 radical (unpaired) electrons. The van der Waals surface area contributed by atoms with Gasteiger partial charge in [0.25, 0.3) is 5.91 Å². The van der Waals surface area contributed by atoms with E-state index in [-0.39, 0.29) is 25.0 Å². The van der Waals surface area contributed by atoms with E-state index in [1.807, 2.05) is 49.4 Å². The molecular formula is C18H20N2O3. The van der Waals surface area contributed by atoms with Crippen LogP contribution in [-0.4, -0.2) is 25.0 Å². The molecule has 0 fully saturated rings. The fourth-order valence-corrected chi connectivity index (χ4v) is 2.04. The normalized spacial score (nSPS) is 9.96. The highest BCUT2D eigenvalue weighted by molar-refractivity contribution is 5.95. The van der Waals surface area contributed by atoms with Crippen LogP contribution in [0, 0.1) is 0 Å². The number of anilines is 1. The average Bonchev–Trinajstić information content (AvgIpc) is 2.59. The summed E-state index contributed by atoms with van der Waals surface area (Å²) >= 11 is 0. The van der Waals surface area contributed by atoms with Gasteiger partial charge in [0, 0.05) is 5.69 Å². The quantitative estimate of drug-likeness (QED) is 0.825. The lowest BCUT2D eigenvalue weighted by atomic mass is 10.1. The minimum atomic E-state index is -0.340. The molecule has 5 heteroatoms. The van der Waals surface area contributed by atoms with Crippen LogP contribution in [0.3, 0.4) is 0 Å². The lowest BCUT2D eigenvalue weighted by Gasteiger charge is -2.10. The number of carbonyl (C=O) groups excluding carboxylic acids is 2. The summed E-state index contributed by atoms with van der Waals surface area (Å²) in [5.74, 6) is 0.00992. The largest absolute Gasteiger partial charge is 0.484 e. The van der Waals surface area contributed by atoms with Crippen molar-refractivity contribution in [3.63, 3.8) is 0 Å². The van der Waals surface area contributed by atoms with Gasteiger partial charge in [-0.3, -0.25) is 9.59 Å². The van der Waals surface area contributed by atoms with Gasteiger partial charge >= 0.3 is 0 Å². The van der Waals surface area contributed by atoms with Crippen LogP contribution < -0.4 is 15.4 Å². The second-order valence-corrected chi connectivity index (χ2v) is 4.94. The third-order valence-electron chi connectivity index (χ3n) is 3.23. The summed E-state index contributed by atoms with van der Waals surface area (Å²) in [5, 5.41) is 5.33. The smallest absolute Gasteiger partial charge is 0.258 e. The van der Waals surface area contributed by atoms with Crippen LogP contribution in [0.25, 0.3) is 0 Å². The Kier molecular flexibility index (Phi) is 6.17. The number of hydrogen-bond donors (Lipinski definition) is 2. The molecule has 0 aliphatic carbocycles. The molecule has 2 N–H and O–H groups in total. The van der Waals surface area contributed by atoms with Crippen LogP contribution >= 0.6 is 0 Å². The first-order valence-corrected chi connectivity index (χ1v) is 7.51. The van der Waals surface area contributed by atoms with E-state index in [1.165, 1.54) is 0 Å². The molecule has 0 heterocycles. The Hall–Kier alpha value is -2.82. The van der Waals surface area contributed by atoms with Gasteiger partial charge in [0.2, 0.25) is 5.91 Å². The van der Waals surface area contributed by atoms with Crippen molar-refractivity contribution in [3.8, 4) is 5.75 Å². The van der Waals surface area contributed by atoms with E-state index in [1.54, 1.807) is 12.1 Å². The van der Waals surface area contributed by atoms with E-state index in [0.717, 1.165) is 17.7 Å². The van der Waals surface area contributed by atoms with E-state index in [4.69, 9.17) is 4.74 Å². The van der Waals surface area contributed by atoms with Crippen LogP contribution in [0.1, 0.15) is 12.5 Å². The van der Waals surface area contributed by atoms with Crippen molar-refractivity contribution in [2.75, 3.05) is 18.5 Å². The standard InChI is InChI=1S/C18H20N2O3/c1-2-14-8-6-7-11-16(14)20-17(21)12-19-18(22)13-23-15-9-4-3-5-10-15/h3-11H,2,12-13H2,1H3,(H,19,22)(H,20,21). The van der Waals surface area contributed by atoms with E-state index in [9.17, 15) is 9.59 Å². The van der Waals surface area contributed by atoms with E-state index >= 15 is 0 Å². The molecule has 0 aromatic heterocycles. The number of aryl methyl sites for hydroxylation is 1. The lowest BCUT2D eigenvalue weighted by Crippen LogP contribution is -2.35. The number of benzene rings is 2. The summed E-state index contributed by atoms with van der Waals surface area (Å²) in [5.41, 5.74) is 1.83. The SMILES string of the molecule is CCc1ccccc1NC(=O)CNC(=O)COc1ccccc1. The molecular weight excluding hydrogens is 292 g/mol. The van der Waals surface area contributed by atoms with E-state index < -0.39 is 0 Å². The second-order valence-electron chi connectivity index (χ2n) is 4.94. The van der Waals surface area contributed by atoms with Gasteiger partial charge < -0.3 is 15.4 Å². The molecule has 0 spiro atoms. The van der Waals surface area contributed by atoms with Crippen molar-refractivity contribution < 1.29 is 14.3 Å². The molecule has 0 saturated heterocycles. The first-order valence-electron chi connectivity index (χ1n) is 7.51. The number of nitrogens with one attached hydrogen (secondary N) is 2. The number of rotatable bonds is 7. The first kappa shape index (κ1) is 16.5. The number of para-hydroxylation sites is 2. The average molecular weight is 312 g/mol. The topological polar surface area (TPSA) is 67.4 Å². The summed E-state index contributed by atoms with van der Waals surface area (Å²) in [4.78, 5) is 23.6. The molecule has 0 aliphatic heterocycles. The van der Waals surface area contributed by atoms with Crippen molar-refractivity contribution in [1.29, 1.82) is 0 Å². The van der Waals surface area contributed by atoms with Gasteiger partial charge in [-0.1, -0.05) is 43.3 Å². The molecule has 120 valence electrons. The van der Waals surface area contributed by atoms with Gasteiger partial charge in [0.05, 0.1) is 6.54 Å². The van der Waals surface area contributed by atoms with Gasteiger partial charge in [0.1, 0.15) is 5.75 Å². The number of ether oxygens (including phenoxy) is 1. The maximum atomic E-state index is 11.9. The van der Waals surface area contributed by atoms with Crippen molar-refractivity contribution in [3.05, 3.63) is 60.2 Å². The molecule has 0 atom stereocenters. The van der Waals surface area contributed by atoms with Crippen LogP contribution in [0.4, 0.5) is 5.69 Å². The molecule has 5 nitrogen and oxygen atoms in total. The van der Waals surface area contributed by atoms with Crippen LogP contribution in [0.5, 0.6) is 5.75 Å². The zero-order valence-electron chi connectivity index (χ0n) is 13.0. The molecule has 0 unspecified atom stereocenters. The fourth-order valence-electron chi connectivity index (χ4n) is 2.04. The Morgan fingerprint density at radius 2 is 1.65 bits per heavy atom. The van der Waals surface area contributed by atoms with Crippen LogP contribution in [0.15, 0.2) is 54.6 Å². The Balaban J connectivity index is 1.74. The summed E-state index contributed by atoms with van der Waals surface area (Å²) in [6.45, 7) is 1.81. The predicted octanol–water partition coefficient (Wildman–Crippen LogP) is 2.38. The molecule has 2 aromatic rings. The lowest BCUT2D eigenvalue weighted by molar-refractivity contribution is -0.125. The maximum absolute atomic E-state index is 11.9. The third kappa shape index (κ3) is 5.47. The summed E-state index contributed by atoms with van der Waals surface area (Å²) in [7, 11) is 0. The highest BCUT2D eigenvalue weighted by atomic mass is 16.5. The minimum absolute atomic E-state index is 0.0883. The number of carbonyl (C=O) groups is 2. The fraction of sp³-hybridized carbons (Fsp3) is 0.222. The van der Waals surface area contributed by atoms with Crippen LogP contribution in [0.2, 0.25) is 0 Å². The number of hydrogen-bond acceptors (Lipinski definition) is 3. The Labute approximate surface area is 135 Å². The van der Waals surface area contributed by atoms with Crippen molar-refractivity contribution in [1.82, 2.24) is 5.32 Å². The molecule has 0 aliphatic rings. The predicted molar refractivity (Wildman–Crippen MR) is 89.4 cm³/mol. The highest BCUT2D eigenvalue weighted by Gasteiger charge is 2.08. The molecule has 0 saturated carbocycles. The van der Waals surface area contributed by atoms with Crippen LogP contribution in [-0.2, 0) is 16.0 Å².